The first-order valence-electron chi connectivity index (χ1n) is 4.88. The summed E-state index contributed by atoms with van der Waals surface area (Å²) < 4.78 is 0. The van der Waals surface area contributed by atoms with Gasteiger partial charge in [0.15, 0.2) is 0 Å². The second-order valence-corrected chi connectivity index (χ2v) is 3.76. The zero-order valence-corrected chi connectivity index (χ0v) is 8.52. The number of carboxylic acids is 1. The molecular formula is C9H18N2O3. The van der Waals surface area contributed by atoms with E-state index in [0.29, 0.717) is 6.54 Å². The van der Waals surface area contributed by atoms with Crippen LogP contribution in [0.5, 0.6) is 0 Å². The van der Waals surface area contributed by atoms with Gasteiger partial charge in [0, 0.05) is 32.2 Å². The Hall–Kier alpha value is -0.650. The number of carboxylic acid groups (broad SMARTS) is 1. The maximum Gasteiger partial charge on any atom is 0.304 e. The molecule has 0 aromatic carbocycles. The van der Waals surface area contributed by atoms with Gasteiger partial charge >= 0.3 is 5.97 Å². The molecule has 1 aliphatic rings. The van der Waals surface area contributed by atoms with Crippen molar-refractivity contribution in [1.29, 1.82) is 0 Å². The molecule has 1 atom stereocenters. The first kappa shape index (κ1) is 11.4. The predicted octanol–water partition coefficient (Wildman–Crippen LogP) is -0.931. The van der Waals surface area contributed by atoms with Crippen molar-refractivity contribution in [3.05, 3.63) is 0 Å². The van der Waals surface area contributed by atoms with Crippen molar-refractivity contribution in [3.63, 3.8) is 0 Å². The lowest BCUT2D eigenvalue weighted by Gasteiger charge is -2.38. The maximum absolute atomic E-state index is 10.4. The molecule has 2 N–H and O–H groups in total. The highest BCUT2D eigenvalue weighted by atomic mass is 16.4. The van der Waals surface area contributed by atoms with Crippen LogP contribution in [0.1, 0.15) is 6.42 Å². The first-order valence-corrected chi connectivity index (χ1v) is 4.88. The minimum atomic E-state index is -0.760. The number of aliphatic hydroxyl groups excluding tert-OH is 1. The zero-order valence-electron chi connectivity index (χ0n) is 8.52. The number of aliphatic carboxylic acids is 1. The summed E-state index contributed by atoms with van der Waals surface area (Å²) in [7, 11) is 1.98. The largest absolute Gasteiger partial charge is 0.481 e. The highest BCUT2D eigenvalue weighted by Gasteiger charge is 2.23. The topological polar surface area (TPSA) is 64.0 Å². The van der Waals surface area contributed by atoms with Gasteiger partial charge in [-0.3, -0.25) is 14.6 Å². The highest BCUT2D eigenvalue weighted by molar-refractivity contribution is 5.66. The minimum Gasteiger partial charge on any atom is -0.481 e. The number of nitrogens with zero attached hydrogens (tertiary/aromatic N) is 2. The Morgan fingerprint density at radius 2 is 2.21 bits per heavy atom. The van der Waals surface area contributed by atoms with Crippen LogP contribution in [0, 0.1) is 0 Å². The summed E-state index contributed by atoms with van der Waals surface area (Å²) in [6.45, 7) is 3.27. The molecular weight excluding hydrogens is 184 g/mol. The summed E-state index contributed by atoms with van der Waals surface area (Å²) >= 11 is 0. The Morgan fingerprint density at radius 1 is 1.50 bits per heavy atom. The molecule has 5 heteroatoms. The van der Waals surface area contributed by atoms with Crippen LogP contribution in [-0.2, 0) is 4.79 Å². The molecule has 0 bridgehead atoms. The van der Waals surface area contributed by atoms with E-state index < -0.39 is 5.97 Å². The number of piperazine rings is 1. The molecule has 14 heavy (non-hydrogen) atoms. The summed E-state index contributed by atoms with van der Waals surface area (Å²) in [5.41, 5.74) is 0. The van der Waals surface area contributed by atoms with Crippen LogP contribution < -0.4 is 0 Å². The minimum absolute atomic E-state index is 0.139. The van der Waals surface area contributed by atoms with Gasteiger partial charge in [-0.2, -0.15) is 0 Å². The van der Waals surface area contributed by atoms with Crippen LogP contribution in [0.25, 0.3) is 0 Å². The molecule has 0 spiro atoms. The smallest absolute Gasteiger partial charge is 0.304 e. The quantitative estimate of drug-likeness (QED) is 0.616. The van der Waals surface area contributed by atoms with Gasteiger partial charge in [-0.15, -0.1) is 0 Å². The molecule has 0 amide bonds. The van der Waals surface area contributed by atoms with Crippen LogP contribution in [0.3, 0.4) is 0 Å². The summed E-state index contributed by atoms with van der Waals surface area (Å²) in [6, 6.07) is 0.151. The second kappa shape index (κ2) is 5.29. The van der Waals surface area contributed by atoms with Crippen LogP contribution in [0.15, 0.2) is 0 Å². The maximum atomic E-state index is 10.4. The molecule has 1 unspecified atom stereocenters. The molecule has 0 aromatic rings. The van der Waals surface area contributed by atoms with E-state index in [9.17, 15) is 4.79 Å². The van der Waals surface area contributed by atoms with Gasteiger partial charge in [-0.05, 0) is 7.05 Å². The normalized spacial score (nSPS) is 25.1. The lowest BCUT2D eigenvalue weighted by molar-refractivity contribution is -0.137. The van der Waals surface area contributed by atoms with Gasteiger partial charge in [0.2, 0.25) is 0 Å². The first-order chi connectivity index (χ1) is 6.63. The molecule has 1 saturated heterocycles. The van der Waals surface area contributed by atoms with Crippen LogP contribution in [0.2, 0.25) is 0 Å². The number of aliphatic hydroxyl groups is 1. The third-order valence-corrected chi connectivity index (χ3v) is 2.71. The van der Waals surface area contributed by atoms with Crippen molar-refractivity contribution >= 4 is 5.97 Å². The third kappa shape index (κ3) is 3.25. The summed E-state index contributed by atoms with van der Waals surface area (Å²) in [5.74, 6) is -0.760. The third-order valence-electron chi connectivity index (χ3n) is 2.71. The van der Waals surface area contributed by atoms with Gasteiger partial charge in [-0.25, -0.2) is 0 Å². The molecule has 82 valence electrons. The monoisotopic (exact) mass is 202 g/mol. The van der Waals surface area contributed by atoms with E-state index in [4.69, 9.17) is 10.2 Å². The van der Waals surface area contributed by atoms with Crippen molar-refractivity contribution < 1.29 is 15.0 Å². The van der Waals surface area contributed by atoms with E-state index in [1.54, 1.807) is 0 Å². The van der Waals surface area contributed by atoms with Crippen LogP contribution >= 0.6 is 0 Å². The lowest BCUT2D eigenvalue weighted by atomic mass is 10.2. The summed E-state index contributed by atoms with van der Waals surface area (Å²) in [4.78, 5) is 14.6. The zero-order chi connectivity index (χ0) is 10.6. The molecule has 0 aromatic heterocycles. The lowest BCUT2D eigenvalue weighted by Crippen LogP contribution is -2.53. The summed E-state index contributed by atoms with van der Waals surface area (Å²) in [5, 5.41) is 17.6. The summed E-state index contributed by atoms with van der Waals surface area (Å²) in [6.07, 6.45) is 0.182. The van der Waals surface area contributed by atoms with E-state index in [1.807, 2.05) is 7.05 Å². The fourth-order valence-electron chi connectivity index (χ4n) is 1.66. The molecule has 1 heterocycles. The fraction of sp³-hybridized carbons (Fsp3) is 0.889. The van der Waals surface area contributed by atoms with Crippen LogP contribution in [-0.4, -0.2) is 71.9 Å². The molecule has 5 nitrogen and oxygen atoms in total. The fourth-order valence-corrected chi connectivity index (χ4v) is 1.66. The van der Waals surface area contributed by atoms with Crippen molar-refractivity contribution in [2.75, 3.05) is 39.8 Å². The van der Waals surface area contributed by atoms with Gasteiger partial charge < -0.3 is 10.2 Å². The van der Waals surface area contributed by atoms with Crippen LogP contribution in [0.4, 0.5) is 0 Å². The van der Waals surface area contributed by atoms with Crippen molar-refractivity contribution in [2.45, 2.75) is 12.5 Å². The number of carbonyl (C=O) groups is 1. The molecule has 0 radical (unpaired) electrons. The SMILES string of the molecule is CN1CCN(CCC(=O)O)CC1CO. The van der Waals surface area contributed by atoms with Gasteiger partial charge in [0.1, 0.15) is 0 Å². The Balaban J connectivity index is 2.31. The number of hydrogen-bond acceptors (Lipinski definition) is 4. The van der Waals surface area contributed by atoms with Crippen molar-refractivity contribution in [1.82, 2.24) is 9.80 Å². The molecule has 1 aliphatic heterocycles. The Kier molecular flexibility index (Phi) is 4.31. The van der Waals surface area contributed by atoms with E-state index in [0.717, 1.165) is 19.6 Å². The van der Waals surface area contributed by atoms with E-state index in [1.165, 1.54) is 0 Å². The molecule has 0 aliphatic carbocycles. The Bertz CT molecular complexity index is 198. The Labute approximate surface area is 83.9 Å². The van der Waals surface area contributed by atoms with Crippen molar-refractivity contribution in [3.8, 4) is 0 Å². The van der Waals surface area contributed by atoms with E-state index in [-0.39, 0.29) is 19.1 Å². The van der Waals surface area contributed by atoms with E-state index in [2.05, 4.69) is 9.80 Å². The van der Waals surface area contributed by atoms with Crippen molar-refractivity contribution in [2.24, 2.45) is 0 Å². The molecule has 1 rings (SSSR count). The van der Waals surface area contributed by atoms with Gasteiger partial charge in [0.05, 0.1) is 13.0 Å². The van der Waals surface area contributed by atoms with Gasteiger partial charge in [-0.1, -0.05) is 0 Å². The molecule has 1 fully saturated rings. The number of likely N-dealkylation sites (N-methyl/N-ethyl adjacent to an activating group) is 1. The standard InChI is InChI=1S/C9H18N2O3/c1-10-4-5-11(3-2-9(13)14)6-8(10)7-12/h8,12H,2-7H2,1H3,(H,13,14). The highest BCUT2D eigenvalue weighted by Crippen LogP contribution is 2.07. The average molecular weight is 202 g/mol. The van der Waals surface area contributed by atoms with Gasteiger partial charge in [0.25, 0.3) is 0 Å². The Morgan fingerprint density at radius 3 is 2.79 bits per heavy atom. The molecule has 0 saturated carbocycles. The number of rotatable bonds is 4. The second-order valence-electron chi connectivity index (χ2n) is 3.76. The predicted molar refractivity (Wildman–Crippen MR) is 52.2 cm³/mol. The average Bonchev–Trinajstić information content (AvgIpc) is 2.16. The van der Waals surface area contributed by atoms with E-state index >= 15 is 0 Å². The number of hydrogen-bond donors (Lipinski definition) is 2.